The molecule has 6 heteroatoms. The van der Waals surface area contributed by atoms with Gasteiger partial charge >= 0.3 is 0 Å². The summed E-state index contributed by atoms with van der Waals surface area (Å²) >= 11 is 0. The molecule has 0 aliphatic carbocycles. The molecule has 0 saturated carbocycles. The maximum Gasteiger partial charge on any atom is 0.142 e. The van der Waals surface area contributed by atoms with Crippen LogP contribution < -0.4 is 20.1 Å². The lowest BCUT2D eigenvalue weighted by Crippen LogP contribution is -2.03. The second kappa shape index (κ2) is 8.20. The highest BCUT2D eigenvalue weighted by molar-refractivity contribution is 5.67. The van der Waals surface area contributed by atoms with E-state index in [4.69, 9.17) is 9.47 Å². The Labute approximate surface area is 153 Å². The van der Waals surface area contributed by atoms with Crippen LogP contribution in [-0.4, -0.2) is 23.7 Å². The number of nitrogens with one attached hydrogen (secondary N) is 2. The van der Waals surface area contributed by atoms with Gasteiger partial charge in [-0.25, -0.2) is 9.97 Å². The van der Waals surface area contributed by atoms with Gasteiger partial charge in [0.15, 0.2) is 0 Å². The van der Waals surface area contributed by atoms with Crippen LogP contribution in [-0.2, 0) is 0 Å². The molecular weight excluding hydrogens is 328 g/mol. The molecule has 0 amide bonds. The number of aryl methyl sites for hydroxylation is 1. The van der Waals surface area contributed by atoms with Gasteiger partial charge in [-0.15, -0.1) is 0 Å². The minimum absolute atomic E-state index is 0.603. The first-order valence-electron chi connectivity index (χ1n) is 8.43. The molecule has 0 radical (unpaired) electrons. The van der Waals surface area contributed by atoms with Crippen LogP contribution in [0.15, 0.2) is 54.6 Å². The number of anilines is 4. The molecule has 0 aliphatic heterocycles. The molecule has 0 fully saturated rings. The summed E-state index contributed by atoms with van der Waals surface area (Å²) in [6.45, 7) is 4.42. The monoisotopic (exact) mass is 350 g/mol. The van der Waals surface area contributed by atoms with Crippen LogP contribution in [0.3, 0.4) is 0 Å². The number of benzene rings is 2. The van der Waals surface area contributed by atoms with E-state index in [1.165, 1.54) is 0 Å². The third-order valence-electron chi connectivity index (χ3n) is 3.65. The zero-order chi connectivity index (χ0) is 18.4. The largest absolute Gasteiger partial charge is 0.497 e. The topological polar surface area (TPSA) is 68.3 Å². The molecule has 0 saturated heterocycles. The molecule has 0 atom stereocenters. The van der Waals surface area contributed by atoms with Crippen LogP contribution in [0.4, 0.5) is 23.0 Å². The second-order valence-electron chi connectivity index (χ2n) is 5.59. The number of nitrogens with zero attached hydrogens (tertiary/aromatic N) is 2. The van der Waals surface area contributed by atoms with Crippen LogP contribution in [0.5, 0.6) is 11.5 Å². The van der Waals surface area contributed by atoms with E-state index in [0.717, 1.165) is 22.9 Å². The van der Waals surface area contributed by atoms with Gasteiger partial charge in [-0.3, -0.25) is 0 Å². The van der Waals surface area contributed by atoms with Gasteiger partial charge in [-0.1, -0.05) is 12.1 Å². The summed E-state index contributed by atoms with van der Waals surface area (Å²) in [4.78, 5) is 8.91. The Morgan fingerprint density at radius 2 is 1.62 bits per heavy atom. The van der Waals surface area contributed by atoms with Crippen molar-refractivity contribution in [1.82, 2.24) is 9.97 Å². The minimum atomic E-state index is 0.603. The Kier molecular flexibility index (Phi) is 5.53. The molecule has 6 nitrogen and oxygen atoms in total. The predicted octanol–water partition coefficient (Wildman–Crippen LogP) is 4.68. The van der Waals surface area contributed by atoms with Crippen LogP contribution in [0.25, 0.3) is 0 Å². The van der Waals surface area contributed by atoms with E-state index in [1.54, 1.807) is 7.11 Å². The number of ether oxygens (including phenoxy) is 2. The number of para-hydroxylation sites is 2. The summed E-state index contributed by atoms with van der Waals surface area (Å²) in [5.74, 6) is 3.67. The molecule has 3 rings (SSSR count). The SMILES string of the molecule is CCOc1ccccc1Nc1cc(Nc2ccc(OC)cc2)nc(C)n1. The number of hydrogen-bond donors (Lipinski definition) is 2. The van der Waals surface area contributed by atoms with Crippen molar-refractivity contribution in [2.24, 2.45) is 0 Å². The number of rotatable bonds is 7. The molecular formula is C20H22N4O2. The van der Waals surface area contributed by atoms with Crippen LogP contribution >= 0.6 is 0 Å². The van der Waals surface area contributed by atoms with Crippen molar-refractivity contribution in [2.75, 3.05) is 24.4 Å². The van der Waals surface area contributed by atoms with Crippen molar-refractivity contribution >= 4 is 23.0 Å². The van der Waals surface area contributed by atoms with Gasteiger partial charge in [0, 0.05) is 11.8 Å². The molecule has 0 bridgehead atoms. The van der Waals surface area contributed by atoms with Gasteiger partial charge in [0.25, 0.3) is 0 Å². The Morgan fingerprint density at radius 1 is 0.923 bits per heavy atom. The van der Waals surface area contributed by atoms with E-state index in [2.05, 4.69) is 20.6 Å². The van der Waals surface area contributed by atoms with Gasteiger partial charge in [0.1, 0.15) is 29.0 Å². The fourth-order valence-corrected chi connectivity index (χ4v) is 2.51. The lowest BCUT2D eigenvalue weighted by atomic mass is 10.3. The van der Waals surface area contributed by atoms with Crippen molar-refractivity contribution in [3.05, 3.63) is 60.4 Å². The average molecular weight is 350 g/mol. The highest BCUT2D eigenvalue weighted by atomic mass is 16.5. The average Bonchev–Trinajstić information content (AvgIpc) is 2.64. The summed E-state index contributed by atoms with van der Waals surface area (Å²) < 4.78 is 10.8. The molecule has 134 valence electrons. The summed E-state index contributed by atoms with van der Waals surface area (Å²) in [6, 6.07) is 17.3. The van der Waals surface area contributed by atoms with Crippen molar-refractivity contribution in [2.45, 2.75) is 13.8 Å². The lowest BCUT2D eigenvalue weighted by molar-refractivity contribution is 0.342. The Hall–Kier alpha value is -3.28. The lowest BCUT2D eigenvalue weighted by Gasteiger charge is -2.13. The molecule has 2 N–H and O–H groups in total. The van der Waals surface area contributed by atoms with E-state index in [9.17, 15) is 0 Å². The van der Waals surface area contributed by atoms with Crippen molar-refractivity contribution < 1.29 is 9.47 Å². The molecule has 3 aromatic rings. The quantitative estimate of drug-likeness (QED) is 0.645. The van der Waals surface area contributed by atoms with E-state index in [-0.39, 0.29) is 0 Å². The molecule has 2 aromatic carbocycles. The highest BCUT2D eigenvalue weighted by Gasteiger charge is 2.07. The normalized spacial score (nSPS) is 10.3. The Bertz CT molecular complexity index is 866. The molecule has 0 unspecified atom stereocenters. The predicted molar refractivity (Wildman–Crippen MR) is 104 cm³/mol. The first-order valence-corrected chi connectivity index (χ1v) is 8.43. The fourth-order valence-electron chi connectivity index (χ4n) is 2.51. The van der Waals surface area contributed by atoms with Gasteiger partial charge < -0.3 is 20.1 Å². The second-order valence-corrected chi connectivity index (χ2v) is 5.59. The van der Waals surface area contributed by atoms with Gasteiger partial charge in [-0.2, -0.15) is 0 Å². The third-order valence-corrected chi connectivity index (χ3v) is 3.65. The van der Waals surface area contributed by atoms with Crippen LogP contribution in [0, 0.1) is 6.92 Å². The van der Waals surface area contributed by atoms with E-state index in [1.807, 2.05) is 68.4 Å². The van der Waals surface area contributed by atoms with E-state index in [0.29, 0.717) is 24.1 Å². The molecule has 1 heterocycles. The number of methoxy groups -OCH3 is 1. The van der Waals surface area contributed by atoms with Gasteiger partial charge in [0.05, 0.1) is 19.4 Å². The van der Waals surface area contributed by atoms with E-state index >= 15 is 0 Å². The maximum absolute atomic E-state index is 5.65. The zero-order valence-corrected chi connectivity index (χ0v) is 15.1. The summed E-state index contributed by atoms with van der Waals surface area (Å²) in [5, 5.41) is 6.59. The minimum Gasteiger partial charge on any atom is -0.497 e. The summed E-state index contributed by atoms with van der Waals surface area (Å²) in [5.41, 5.74) is 1.78. The maximum atomic E-state index is 5.65. The van der Waals surface area contributed by atoms with Crippen LogP contribution in [0.2, 0.25) is 0 Å². The summed E-state index contributed by atoms with van der Waals surface area (Å²) in [6.07, 6.45) is 0. The Balaban J connectivity index is 1.81. The van der Waals surface area contributed by atoms with Crippen molar-refractivity contribution in [3.8, 4) is 11.5 Å². The van der Waals surface area contributed by atoms with Crippen molar-refractivity contribution in [3.63, 3.8) is 0 Å². The first kappa shape index (κ1) is 17.5. The van der Waals surface area contributed by atoms with Gasteiger partial charge in [-0.05, 0) is 50.2 Å². The molecule has 0 spiro atoms. The zero-order valence-electron chi connectivity index (χ0n) is 15.1. The third kappa shape index (κ3) is 4.42. The molecule has 0 aliphatic rings. The molecule has 26 heavy (non-hydrogen) atoms. The number of aromatic nitrogens is 2. The van der Waals surface area contributed by atoms with E-state index < -0.39 is 0 Å². The van der Waals surface area contributed by atoms with Crippen LogP contribution in [0.1, 0.15) is 12.7 Å². The Morgan fingerprint density at radius 3 is 2.31 bits per heavy atom. The fraction of sp³-hybridized carbons (Fsp3) is 0.200. The standard InChI is InChI=1S/C20H22N4O2/c1-4-26-18-8-6-5-7-17(18)24-20-13-19(21-14(2)22-20)23-15-9-11-16(25-3)12-10-15/h5-13H,4H2,1-3H3,(H2,21,22,23,24). The number of hydrogen-bond acceptors (Lipinski definition) is 6. The highest BCUT2D eigenvalue weighted by Crippen LogP contribution is 2.28. The summed E-state index contributed by atoms with van der Waals surface area (Å²) in [7, 11) is 1.65. The van der Waals surface area contributed by atoms with Gasteiger partial charge in [0.2, 0.25) is 0 Å². The van der Waals surface area contributed by atoms with Crippen molar-refractivity contribution in [1.29, 1.82) is 0 Å². The first-order chi connectivity index (χ1) is 12.7. The molecule has 1 aromatic heterocycles. The smallest absolute Gasteiger partial charge is 0.142 e.